The Balaban J connectivity index is 1.27. The largest absolute Gasteiger partial charge is 0.386 e. The third-order valence-corrected chi connectivity index (χ3v) is 8.68. The second-order valence-electron chi connectivity index (χ2n) is 11.2. The standard InChI is InChI=1S/C33H43F3O/c1-3-5-24-7-13-27(14-8-24)28-15-11-26(12-16-28)21-22-37-33(35,36)31-20-19-30(23-32(31)34)29-17-9-25(6-4-2)10-18-29/h4,6,11-12,15-16,19-20,23-25,27,29H,3,5,7-10,13-14,17-18,21-22H2,1-2H3. The van der Waals surface area contributed by atoms with Crippen molar-refractivity contribution in [3.63, 3.8) is 0 Å². The monoisotopic (exact) mass is 512 g/mol. The molecule has 0 N–H and O–H groups in total. The molecule has 4 heteroatoms. The minimum atomic E-state index is -3.65. The van der Waals surface area contributed by atoms with Crippen molar-refractivity contribution in [2.45, 2.75) is 102 Å². The fourth-order valence-electron chi connectivity index (χ4n) is 6.46. The van der Waals surface area contributed by atoms with Crippen molar-refractivity contribution >= 4 is 0 Å². The van der Waals surface area contributed by atoms with Gasteiger partial charge in [0.25, 0.3) is 0 Å². The highest BCUT2D eigenvalue weighted by Crippen LogP contribution is 2.39. The maximum absolute atomic E-state index is 14.8. The van der Waals surface area contributed by atoms with Gasteiger partial charge in [-0.15, -0.1) is 0 Å². The molecule has 0 spiro atoms. The van der Waals surface area contributed by atoms with E-state index in [1.807, 2.05) is 19.1 Å². The van der Waals surface area contributed by atoms with E-state index in [0.29, 0.717) is 18.3 Å². The van der Waals surface area contributed by atoms with E-state index < -0.39 is 17.5 Å². The maximum Gasteiger partial charge on any atom is 0.386 e. The van der Waals surface area contributed by atoms with Gasteiger partial charge in [0.1, 0.15) is 5.82 Å². The van der Waals surface area contributed by atoms with Crippen LogP contribution < -0.4 is 0 Å². The molecular weight excluding hydrogens is 469 g/mol. The van der Waals surface area contributed by atoms with Crippen LogP contribution >= 0.6 is 0 Å². The molecule has 37 heavy (non-hydrogen) atoms. The average Bonchev–Trinajstić information content (AvgIpc) is 2.90. The molecule has 0 atom stereocenters. The van der Waals surface area contributed by atoms with Crippen LogP contribution in [0.1, 0.15) is 112 Å². The van der Waals surface area contributed by atoms with Crippen LogP contribution in [0, 0.1) is 17.7 Å². The molecule has 2 aromatic carbocycles. The van der Waals surface area contributed by atoms with Crippen molar-refractivity contribution in [2.24, 2.45) is 11.8 Å². The highest BCUT2D eigenvalue weighted by Gasteiger charge is 2.36. The summed E-state index contributed by atoms with van der Waals surface area (Å²) in [6.45, 7) is 4.12. The van der Waals surface area contributed by atoms with E-state index in [9.17, 15) is 13.2 Å². The number of allylic oxidation sites excluding steroid dienone is 2. The Hall–Kier alpha value is -2.07. The van der Waals surface area contributed by atoms with Gasteiger partial charge in [0, 0.05) is 0 Å². The lowest BCUT2D eigenvalue weighted by molar-refractivity contribution is -0.249. The lowest BCUT2D eigenvalue weighted by Crippen LogP contribution is -2.22. The third kappa shape index (κ3) is 7.50. The maximum atomic E-state index is 14.8. The summed E-state index contributed by atoms with van der Waals surface area (Å²) in [5.41, 5.74) is 2.45. The summed E-state index contributed by atoms with van der Waals surface area (Å²) in [6.07, 6.45) is 12.7. The van der Waals surface area contributed by atoms with E-state index in [1.165, 1.54) is 56.2 Å². The predicted molar refractivity (Wildman–Crippen MR) is 146 cm³/mol. The molecule has 0 aliphatic heterocycles. The van der Waals surface area contributed by atoms with Crippen LogP contribution in [0.15, 0.2) is 54.6 Å². The van der Waals surface area contributed by atoms with Gasteiger partial charge in [-0.25, -0.2) is 4.39 Å². The number of alkyl halides is 2. The molecule has 0 saturated heterocycles. The van der Waals surface area contributed by atoms with Crippen molar-refractivity contribution in [1.29, 1.82) is 0 Å². The Bertz CT molecular complexity index is 997. The number of rotatable bonds is 10. The third-order valence-electron chi connectivity index (χ3n) is 8.68. The summed E-state index contributed by atoms with van der Waals surface area (Å²) in [5.74, 6) is 1.41. The summed E-state index contributed by atoms with van der Waals surface area (Å²) in [7, 11) is 0. The van der Waals surface area contributed by atoms with E-state index in [-0.39, 0.29) is 12.5 Å². The van der Waals surface area contributed by atoms with Crippen molar-refractivity contribution in [1.82, 2.24) is 0 Å². The Labute approximate surface area is 221 Å². The first kappa shape index (κ1) is 28.0. The molecule has 0 heterocycles. The topological polar surface area (TPSA) is 9.23 Å². The fraction of sp³-hybridized carbons (Fsp3) is 0.576. The average molecular weight is 513 g/mol. The van der Waals surface area contributed by atoms with Crippen molar-refractivity contribution in [2.75, 3.05) is 6.61 Å². The first-order chi connectivity index (χ1) is 17.9. The molecule has 2 saturated carbocycles. The van der Waals surface area contributed by atoms with Crippen LogP contribution in [0.25, 0.3) is 0 Å². The van der Waals surface area contributed by atoms with Crippen molar-refractivity contribution in [3.8, 4) is 0 Å². The highest BCUT2D eigenvalue weighted by atomic mass is 19.3. The second kappa shape index (κ2) is 13.1. The molecule has 2 fully saturated rings. The van der Waals surface area contributed by atoms with Gasteiger partial charge in [-0.1, -0.05) is 62.2 Å². The summed E-state index contributed by atoms with van der Waals surface area (Å²) in [4.78, 5) is 0. The van der Waals surface area contributed by atoms with Gasteiger partial charge in [-0.05, 0) is 117 Å². The smallest absolute Gasteiger partial charge is 0.316 e. The van der Waals surface area contributed by atoms with E-state index in [2.05, 4.69) is 31.2 Å². The molecule has 0 amide bonds. The van der Waals surface area contributed by atoms with E-state index in [1.54, 1.807) is 6.07 Å². The summed E-state index contributed by atoms with van der Waals surface area (Å²) < 4.78 is 49.2. The van der Waals surface area contributed by atoms with Crippen molar-refractivity contribution in [3.05, 3.63) is 82.7 Å². The molecular formula is C33H43F3O. The SMILES string of the molecule is CC=CC1CCC(c2ccc(C(F)(F)OCCc3ccc(C4CCC(CCC)CC4)cc3)c(F)c2)CC1. The van der Waals surface area contributed by atoms with Gasteiger partial charge in [0.2, 0.25) is 0 Å². The Morgan fingerprint density at radius 2 is 1.49 bits per heavy atom. The normalized spacial score (nSPS) is 25.0. The Kier molecular flexibility index (Phi) is 9.92. The molecule has 1 nitrogen and oxygen atoms in total. The Morgan fingerprint density at radius 3 is 2.11 bits per heavy atom. The minimum Gasteiger partial charge on any atom is -0.316 e. The molecule has 0 bridgehead atoms. The molecule has 2 aliphatic rings. The highest BCUT2D eigenvalue weighted by molar-refractivity contribution is 5.30. The van der Waals surface area contributed by atoms with Gasteiger partial charge >= 0.3 is 6.11 Å². The van der Waals surface area contributed by atoms with Crippen molar-refractivity contribution < 1.29 is 17.9 Å². The first-order valence-corrected chi connectivity index (χ1v) is 14.4. The van der Waals surface area contributed by atoms with Gasteiger partial charge in [-0.3, -0.25) is 0 Å². The van der Waals surface area contributed by atoms with Crippen LogP contribution in [0.5, 0.6) is 0 Å². The van der Waals surface area contributed by atoms with Gasteiger partial charge in [0.15, 0.2) is 0 Å². The van der Waals surface area contributed by atoms with Crippen LogP contribution in [0.2, 0.25) is 0 Å². The summed E-state index contributed by atoms with van der Waals surface area (Å²) in [6, 6.07) is 12.5. The van der Waals surface area contributed by atoms with Crippen LogP contribution in [-0.2, 0) is 17.3 Å². The quantitative estimate of drug-likeness (QED) is 0.288. The van der Waals surface area contributed by atoms with E-state index >= 15 is 0 Å². The number of benzene rings is 2. The molecule has 2 aromatic rings. The molecule has 0 aromatic heterocycles. The molecule has 202 valence electrons. The molecule has 4 rings (SSSR count). The summed E-state index contributed by atoms with van der Waals surface area (Å²) >= 11 is 0. The number of hydrogen-bond acceptors (Lipinski definition) is 1. The molecule has 2 aliphatic carbocycles. The Morgan fingerprint density at radius 1 is 0.865 bits per heavy atom. The fourth-order valence-corrected chi connectivity index (χ4v) is 6.46. The second-order valence-corrected chi connectivity index (χ2v) is 11.2. The molecule has 0 unspecified atom stereocenters. The number of hydrogen-bond donors (Lipinski definition) is 0. The lowest BCUT2D eigenvalue weighted by Gasteiger charge is -2.28. The van der Waals surface area contributed by atoms with E-state index in [4.69, 9.17) is 4.74 Å². The molecule has 0 radical (unpaired) electrons. The minimum absolute atomic E-state index is 0.162. The predicted octanol–water partition coefficient (Wildman–Crippen LogP) is 10.1. The lowest BCUT2D eigenvalue weighted by atomic mass is 9.77. The van der Waals surface area contributed by atoms with Crippen LogP contribution in [0.4, 0.5) is 13.2 Å². The number of ether oxygens (including phenoxy) is 1. The van der Waals surface area contributed by atoms with Crippen LogP contribution in [-0.4, -0.2) is 6.61 Å². The van der Waals surface area contributed by atoms with E-state index in [0.717, 1.165) is 42.7 Å². The van der Waals surface area contributed by atoms with Gasteiger partial charge in [-0.2, -0.15) is 8.78 Å². The van der Waals surface area contributed by atoms with Gasteiger partial charge in [0.05, 0.1) is 12.2 Å². The zero-order chi connectivity index (χ0) is 26.3. The zero-order valence-electron chi connectivity index (χ0n) is 22.5. The zero-order valence-corrected chi connectivity index (χ0v) is 22.5. The van der Waals surface area contributed by atoms with Crippen LogP contribution in [0.3, 0.4) is 0 Å². The summed E-state index contributed by atoms with van der Waals surface area (Å²) in [5, 5.41) is 0. The van der Waals surface area contributed by atoms with Gasteiger partial charge < -0.3 is 4.74 Å². The first-order valence-electron chi connectivity index (χ1n) is 14.4. The number of halogens is 3.